The van der Waals surface area contributed by atoms with Crippen LogP contribution in [-0.2, 0) is 4.74 Å². The van der Waals surface area contributed by atoms with E-state index < -0.39 is 0 Å². The lowest BCUT2D eigenvalue weighted by molar-refractivity contribution is 0.0883. The third-order valence-electron chi connectivity index (χ3n) is 4.43. The van der Waals surface area contributed by atoms with E-state index in [1.54, 1.807) is 0 Å². The lowest BCUT2D eigenvalue weighted by Gasteiger charge is -2.16. The molecule has 0 unspecified atom stereocenters. The van der Waals surface area contributed by atoms with Crippen molar-refractivity contribution in [2.24, 2.45) is 5.92 Å². The third-order valence-corrected chi connectivity index (χ3v) is 4.43. The minimum Gasteiger partial charge on any atom is -0.381 e. The van der Waals surface area contributed by atoms with Crippen molar-refractivity contribution in [1.29, 1.82) is 0 Å². The molecule has 0 aliphatic heterocycles. The molecule has 0 aliphatic rings. The second kappa shape index (κ2) is 18.0. The first-order chi connectivity index (χ1) is 10.3. The van der Waals surface area contributed by atoms with Crippen LogP contribution in [0.4, 0.5) is 0 Å². The van der Waals surface area contributed by atoms with Crippen LogP contribution < -0.4 is 0 Å². The maximum atomic E-state index is 5.94. The molecule has 0 atom stereocenters. The Bertz CT molecular complexity index is 171. The Morgan fingerprint density at radius 3 is 1.57 bits per heavy atom. The van der Waals surface area contributed by atoms with E-state index >= 15 is 0 Å². The molecule has 0 bridgehead atoms. The number of rotatable bonds is 17. The van der Waals surface area contributed by atoms with Crippen LogP contribution in [0.5, 0.6) is 0 Å². The Labute approximate surface area is 135 Å². The van der Waals surface area contributed by atoms with Gasteiger partial charge in [-0.3, -0.25) is 0 Å². The molecule has 0 aromatic carbocycles. The van der Waals surface area contributed by atoms with Gasteiger partial charge in [0.25, 0.3) is 0 Å². The first-order valence-corrected chi connectivity index (χ1v) is 9.92. The Balaban J connectivity index is 3.35. The molecule has 0 N–H and O–H groups in total. The molecule has 0 aromatic heterocycles. The van der Waals surface area contributed by atoms with Gasteiger partial charge in [-0.05, 0) is 25.2 Å². The molecule has 21 heavy (non-hydrogen) atoms. The van der Waals surface area contributed by atoms with Crippen LogP contribution in [0.1, 0.15) is 111 Å². The molecule has 0 radical (unpaired) electrons. The molecule has 128 valence electrons. The van der Waals surface area contributed by atoms with Crippen molar-refractivity contribution < 1.29 is 4.74 Å². The number of hydrogen-bond donors (Lipinski definition) is 0. The molecule has 0 rings (SSSR count). The molecule has 0 aliphatic carbocycles. The largest absolute Gasteiger partial charge is 0.381 e. The minimum atomic E-state index is 0.818. The fraction of sp³-hybridized carbons (Fsp3) is 1.00. The average molecular weight is 299 g/mol. The van der Waals surface area contributed by atoms with E-state index in [-0.39, 0.29) is 0 Å². The molecule has 0 fully saturated rings. The summed E-state index contributed by atoms with van der Waals surface area (Å²) in [6, 6.07) is 0. The maximum Gasteiger partial charge on any atom is 0.0494 e. The zero-order valence-corrected chi connectivity index (χ0v) is 15.3. The van der Waals surface area contributed by atoms with Crippen molar-refractivity contribution >= 4 is 0 Å². The predicted molar refractivity (Wildman–Crippen MR) is 96.0 cm³/mol. The Hall–Kier alpha value is -0.0400. The molecule has 1 heteroatoms. The van der Waals surface area contributed by atoms with Gasteiger partial charge in [0.1, 0.15) is 0 Å². The fourth-order valence-electron chi connectivity index (χ4n) is 2.88. The SMILES string of the molecule is CCCCCCCCCCOCC(CCCC)CCCC. The van der Waals surface area contributed by atoms with E-state index in [0.29, 0.717) is 0 Å². The van der Waals surface area contributed by atoms with Crippen LogP contribution in [0.2, 0.25) is 0 Å². The van der Waals surface area contributed by atoms with Crippen molar-refractivity contribution in [1.82, 2.24) is 0 Å². The van der Waals surface area contributed by atoms with Gasteiger partial charge in [-0.15, -0.1) is 0 Å². The van der Waals surface area contributed by atoms with Gasteiger partial charge in [-0.25, -0.2) is 0 Å². The maximum absolute atomic E-state index is 5.94. The fourth-order valence-corrected chi connectivity index (χ4v) is 2.88. The van der Waals surface area contributed by atoms with E-state index in [0.717, 1.165) is 19.1 Å². The highest BCUT2D eigenvalue weighted by molar-refractivity contribution is 4.59. The standard InChI is InChI=1S/C20H42O/c1-4-7-10-11-12-13-14-15-18-21-19-20(16-8-5-2)17-9-6-3/h20H,4-19H2,1-3H3. The molecular weight excluding hydrogens is 256 g/mol. The summed E-state index contributed by atoms with van der Waals surface area (Å²) in [7, 11) is 0. The van der Waals surface area contributed by atoms with Crippen molar-refractivity contribution in [2.45, 2.75) is 111 Å². The van der Waals surface area contributed by atoms with E-state index in [1.165, 1.54) is 89.9 Å². The highest BCUT2D eigenvalue weighted by Crippen LogP contribution is 2.17. The van der Waals surface area contributed by atoms with E-state index in [9.17, 15) is 0 Å². The highest BCUT2D eigenvalue weighted by Gasteiger charge is 2.07. The summed E-state index contributed by atoms with van der Waals surface area (Å²) < 4.78 is 5.94. The molecule has 0 saturated carbocycles. The van der Waals surface area contributed by atoms with Crippen LogP contribution in [-0.4, -0.2) is 13.2 Å². The van der Waals surface area contributed by atoms with Crippen LogP contribution >= 0.6 is 0 Å². The van der Waals surface area contributed by atoms with Gasteiger partial charge in [0, 0.05) is 13.2 Å². The first kappa shape index (κ1) is 21.0. The van der Waals surface area contributed by atoms with Gasteiger partial charge < -0.3 is 4.74 Å². The van der Waals surface area contributed by atoms with Gasteiger partial charge in [-0.1, -0.05) is 91.4 Å². The summed E-state index contributed by atoms with van der Waals surface area (Å²) in [5.41, 5.74) is 0. The van der Waals surface area contributed by atoms with Gasteiger partial charge in [-0.2, -0.15) is 0 Å². The molecule has 0 saturated heterocycles. The molecule has 0 amide bonds. The van der Waals surface area contributed by atoms with Crippen molar-refractivity contribution in [3.8, 4) is 0 Å². The Morgan fingerprint density at radius 1 is 0.571 bits per heavy atom. The first-order valence-electron chi connectivity index (χ1n) is 9.92. The Morgan fingerprint density at radius 2 is 1.05 bits per heavy atom. The summed E-state index contributed by atoms with van der Waals surface area (Å²) in [4.78, 5) is 0. The predicted octanol–water partition coefficient (Wildman–Crippen LogP) is 7.14. The van der Waals surface area contributed by atoms with Crippen LogP contribution in [0.3, 0.4) is 0 Å². The number of hydrogen-bond acceptors (Lipinski definition) is 1. The van der Waals surface area contributed by atoms with Crippen LogP contribution in [0.25, 0.3) is 0 Å². The average Bonchev–Trinajstić information content (AvgIpc) is 2.51. The number of unbranched alkanes of at least 4 members (excludes halogenated alkanes) is 9. The minimum absolute atomic E-state index is 0.818. The monoisotopic (exact) mass is 298 g/mol. The van der Waals surface area contributed by atoms with Gasteiger partial charge in [0.2, 0.25) is 0 Å². The van der Waals surface area contributed by atoms with E-state index in [2.05, 4.69) is 20.8 Å². The topological polar surface area (TPSA) is 9.23 Å². The summed E-state index contributed by atoms with van der Waals surface area (Å²) >= 11 is 0. The van der Waals surface area contributed by atoms with Gasteiger partial charge >= 0.3 is 0 Å². The van der Waals surface area contributed by atoms with E-state index in [1.807, 2.05) is 0 Å². The second-order valence-electron chi connectivity index (χ2n) is 6.70. The zero-order valence-electron chi connectivity index (χ0n) is 15.3. The van der Waals surface area contributed by atoms with Gasteiger partial charge in [0.05, 0.1) is 0 Å². The molecule has 0 heterocycles. The molecule has 0 aromatic rings. The molecule has 0 spiro atoms. The number of ether oxygens (including phenoxy) is 1. The highest BCUT2D eigenvalue weighted by atomic mass is 16.5. The summed E-state index contributed by atoms with van der Waals surface area (Å²) in [5, 5.41) is 0. The summed E-state index contributed by atoms with van der Waals surface area (Å²) in [5.74, 6) is 0.818. The third kappa shape index (κ3) is 16.2. The quantitative estimate of drug-likeness (QED) is 0.259. The lowest BCUT2D eigenvalue weighted by atomic mass is 9.97. The zero-order chi connectivity index (χ0) is 15.6. The van der Waals surface area contributed by atoms with Crippen molar-refractivity contribution in [3.05, 3.63) is 0 Å². The Kier molecular flexibility index (Phi) is 18.0. The van der Waals surface area contributed by atoms with Crippen LogP contribution in [0.15, 0.2) is 0 Å². The smallest absolute Gasteiger partial charge is 0.0494 e. The molecular formula is C20H42O. The molecule has 1 nitrogen and oxygen atoms in total. The van der Waals surface area contributed by atoms with Gasteiger partial charge in [0.15, 0.2) is 0 Å². The summed E-state index contributed by atoms with van der Waals surface area (Å²) in [6.07, 6.45) is 19.2. The van der Waals surface area contributed by atoms with Crippen LogP contribution in [0, 0.1) is 5.92 Å². The lowest BCUT2D eigenvalue weighted by Crippen LogP contribution is -2.10. The van der Waals surface area contributed by atoms with Crippen molar-refractivity contribution in [3.63, 3.8) is 0 Å². The second-order valence-corrected chi connectivity index (χ2v) is 6.70. The summed E-state index contributed by atoms with van der Waals surface area (Å²) in [6.45, 7) is 8.86. The van der Waals surface area contributed by atoms with E-state index in [4.69, 9.17) is 4.74 Å². The van der Waals surface area contributed by atoms with Crippen molar-refractivity contribution in [2.75, 3.05) is 13.2 Å². The normalized spacial score (nSPS) is 11.4.